The molecular formula is C8H9NO2S. The van der Waals surface area contributed by atoms with Gasteiger partial charge in [0, 0.05) is 0 Å². The van der Waals surface area contributed by atoms with E-state index in [-0.39, 0.29) is 5.04 Å². The summed E-state index contributed by atoms with van der Waals surface area (Å²) in [5.74, 6) is 0. The van der Waals surface area contributed by atoms with Gasteiger partial charge in [-0.05, 0) is 19.1 Å². The first kappa shape index (κ1) is 9.09. The minimum Gasteiger partial charge on any atom is -0.301 e. The Kier molecular flexibility index (Phi) is 3.13. The Bertz CT molecular complexity index is 308. The summed E-state index contributed by atoms with van der Waals surface area (Å²) in [5, 5.41) is 0.209. The maximum Gasteiger partial charge on any atom is 0.201 e. The van der Waals surface area contributed by atoms with Crippen molar-refractivity contribution in [2.24, 2.45) is 4.99 Å². The summed E-state index contributed by atoms with van der Waals surface area (Å²) in [6.45, 7) is 1.52. The predicted octanol–water partition coefficient (Wildman–Crippen LogP) is 1.96. The highest BCUT2D eigenvalue weighted by atomic mass is 32.2. The van der Waals surface area contributed by atoms with Crippen molar-refractivity contribution in [1.82, 2.24) is 0 Å². The first-order valence-electron chi connectivity index (χ1n) is 3.41. The van der Waals surface area contributed by atoms with E-state index in [0.717, 1.165) is 0 Å². The monoisotopic (exact) mass is 183 g/mol. The summed E-state index contributed by atoms with van der Waals surface area (Å²) in [6, 6.07) is 9.07. The molecule has 1 rings (SSSR count). The van der Waals surface area contributed by atoms with Crippen molar-refractivity contribution in [3.8, 4) is 0 Å². The SMILES string of the molecule is CC(=Nc1ccccc1)S(=O)O. The second kappa shape index (κ2) is 4.13. The van der Waals surface area contributed by atoms with Crippen LogP contribution in [0.4, 0.5) is 5.69 Å². The third-order valence-electron chi connectivity index (χ3n) is 1.30. The summed E-state index contributed by atoms with van der Waals surface area (Å²) in [6.07, 6.45) is 0. The van der Waals surface area contributed by atoms with Gasteiger partial charge in [0.1, 0.15) is 5.04 Å². The Morgan fingerprint density at radius 3 is 2.50 bits per heavy atom. The number of rotatable bonds is 1. The van der Waals surface area contributed by atoms with Gasteiger partial charge < -0.3 is 4.55 Å². The minimum absolute atomic E-state index is 0.209. The number of benzene rings is 1. The van der Waals surface area contributed by atoms with E-state index >= 15 is 0 Å². The van der Waals surface area contributed by atoms with Crippen LogP contribution in [0.25, 0.3) is 0 Å². The number of hydrogen-bond acceptors (Lipinski definition) is 2. The molecule has 0 radical (unpaired) electrons. The van der Waals surface area contributed by atoms with E-state index in [1.165, 1.54) is 6.92 Å². The summed E-state index contributed by atoms with van der Waals surface area (Å²) < 4.78 is 19.1. The maximum absolute atomic E-state index is 10.5. The van der Waals surface area contributed by atoms with Gasteiger partial charge in [0.15, 0.2) is 0 Å². The number of hydrogen-bond donors (Lipinski definition) is 1. The van der Waals surface area contributed by atoms with Gasteiger partial charge >= 0.3 is 0 Å². The van der Waals surface area contributed by atoms with E-state index in [9.17, 15) is 4.21 Å². The fourth-order valence-corrected chi connectivity index (χ4v) is 0.907. The summed E-state index contributed by atoms with van der Waals surface area (Å²) in [7, 11) is 0. The first-order valence-corrected chi connectivity index (χ1v) is 4.52. The van der Waals surface area contributed by atoms with Crippen molar-refractivity contribution in [1.29, 1.82) is 0 Å². The lowest BCUT2D eigenvalue weighted by Gasteiger charge is -1.93. The fourth-order valence-electron chi connectivity index (χ4n) is 0.723. The predicted molar refractivity (Wildman–Crippen MR) is 50.0 cm³/mol. The fraction of sp³-hybridized carbons (Fsp3) is 0.125. The van der Waals surface area contributed by atoms with E-state index in [1.54, 1.807) is 12.1 Å². The summed E-state index contributed by atoms with van der Waals surface area (Å²) in [5.41, 5.74) is 0.692. The third-order valence-corrected chi connectivity index (χ3v) is 1.89. The average molecular weight is 183 g/mol. The van der Waals surface area contributed by atoms with E-state index in [1.807, 2.05) is 18.2 Å². The number of aliphatic imine (C=N–C) groups is 1. The van der Waals surface area contributed by atoms with Crippen molar-refractivity contribution in [2.45, 2.75) is 6.92 Å². The van der Waals surface area contributed by atoms with Crippen LogP contribution in [0.15, 0.2) is 35.3 Å². The molecule has 0 bridgehead atoms. The van der Waals surface area contributed by atoms with Gasteiger partial charge in [-0.2, -0.15) is 0 Å². The van der Waals surface area contributed by atoms with Crippen LogP contribution >= 0.6 is 0 Å². The zero-order valence-electron chi connectivity index (χ0n) is 6.60. The highest BCUT2D eigenvalue weighted by molar-refractivity contribution is 7.95. The van der Waals surface area contributed by atoms with Gasteiger partial charge in [-0.1, -0.05) is 18.2 Å². The normalized spacial score (nSPS) is 14.3. The van der Waals surface area contributed by atoms with Crippen molar-refractivity contribution in [3.63, 3.8) is 0 Å². The van der Waals surface area contributed by atoms with Crippen LogP contribution < -0.4 is 0 Å². The Labute approximate surface area is 73.4 Å². The molecule has 0 saturated carbocycles. The lowest BCUT2D eigenvalue weighted by molar-refractivity contribution is 0.577. The molecule has 0 fully saturated rings. The standard InChI is InChI=1S/C8H9NO2S/c1-7(12(10)11)9-8-5-3-2-4-6-8/h2-6H,1H3,(H,10,11). The van der Waals surface area contributed by atoms with Crippen LogP contribution in [0.5, 0.6) is 0 Å². The quantitative estimate of drug-likeness (QED) is 0.411. The van der Waals surface area contributed by atoms with E-state index in [4.69, 9.17) is 4.55 Å². The van der Waals surface area contributed by atoms with Crippen LogP contribution in [-0.4, -0.2) is 13.8 Å². The van der Waals surface area contributed by atoms with Crippen molar-refractivity contribution in [3.05, 3.63) is 30.3 Å². The second-order valence-corrected chi connectivity index (χ2v) is 3.30. The third kappa shape index (κ3) is 2.56. The zero-order chi connectivity index (χ0) is 8.97. The molecule has 64 valence electrons. The molecule has 1 aromatic carbocycles. The Morgan fingerprint density at radius 2 is 2.00 bits per heavy atom. The zero-order valence-corrected chi connectivity index (χ0v) is 7.41. The van der Waals surface area contributed by atoms with Crippen molar-refractivity contribution >= 4 is 21.8 Å². The van der Waals surface area contributed by atoms with E-state index < -0.39 is 11.1 Å². The van der Waals surface area contributed by atoms with Crippen LogP contribution in [0, 0.1) is 0 Å². The Balaban J connectivity index is 2.89. The molecule has 3 nitrogen and oxygen atoms in total. The summed E-state index contributed by atoms with van der Waals surface area (Å²) in [4.78, 5) is 3.93. The van der Waals surface area contributed by atoms with Crippen molar-refractivity contribution in [2.75, 3.05) is 0 Å². The van der Waals surface area contributed by atoms with Gasteiger partial charge in [-0.15, -0.1) is 0 Å². The molecular weight excluding hydrogens is 174 g/mol. The van der Waals surface area contributed by atoms with Crippen LogP contribution in [-0.2, 0) is 11.1 Å². The van der Waals surface area contributed by atoms with Gasteiger partial charge in [-0.3, -0.25) is 0 Å². The molecule has 1 N–H and O–H groups in total. The molecule has 0 spiro atoms. The summed E-state index contributed by atoms with van der Waals surface area (Å²) >= 11 is -1.96. The second-order valence-electron chi connectivity index (χ2n) is 2.22. The number of nitrogens with zero attached hydrogens (tertiary/aromatic N) is 1. The molecule has 1 aromatic rings. The Hall–Kier alpha value is -1.00. The molecule has 0 heterocycles. The number of para-hydroxylation sites is 1. The largest absolute Gasteiger partial charge is 0.301 e. The smallest absolute Gasteiger partial charge is 0.201 e. The molecule has 0 aliphatic rings. The highest BCUT2D eigenvalue weighted by Gasteiger charge is 1.97. The highest BCUT2D eigenvalue weighted by Crippen LogP contribution is 2.10. The lowest BCUT2D eigenvalue weighted by atomic mass is 10.3. The first-order chi connectivity index (χ1) is 5.70. The lowest BCUT2D eigenvalue weighted by Crippen LogP contribution is -1.98. The Morgan fingerprint density at radius 1 is 1.42 bits per heavy atom. The topological polar surface area (TPSA) is 49.7 Å². The van der Waals surface area contributed by atoms with Gasteiger partial charge in [0.25, 0.3) is 0 Å². The van der Waals surface area contributed by atoms with Gasteiger partial charge in [-0.25, -0.2) is 9.20 Å². The average Bonchev–Trinajstić information content (AvgIpc) is 2.06. The van der Waals surface area contributed by atoms with E-state index in [0.29, 0.717) is 5.69 Å². The van der Waals surface area contributed by atoms with Gasteiger partial charge in [0.05, 0.1) is 5.69 Å². The maximum atomic E-state index is 10.5. The molecule has 0 aliphatic carbocycles. The molecule has 0 amide bonds. The molecule has 4 heteroatoms. The van der Waals surface area contributed by atoms with E-state index in [2.05, 4.69) is 4.99 Å². The molecule has 1 atom stereocenters. The molecule has 1 unspecified atom stereocenters. The van der Waals surface area contributed by atoms with Crippen LogP contribution in [0.1, 0.15) is 6.92 Å². The molecule has 12 heavy (non-hydrogen) atoms. The van der Waals surface area contributed by atoms with Gasteiger partial charge in [0.2, 0.25) is 11.1 Å². The molecule has 0 saturated heterocycles. The molecule has 0 aliphatic heterocycles. The molecule has 0 aromatic heterocycles. The van der Waals surface area contributed by atoms with Crippen LogP contribution in [0.3, 0.4) is 0 Å². The minimum atomic E-state index is -1.96. The van der Waals surface area contributed by atoms with Crippen LogP contribution in [0.2, 0.25) is 0 Å². The van der Waals surface area contributed by atoms with Crippen molar-refractivity contribution < 1.29 is 8.76 Å².